The Morgan fingerprint density at radius 1 is 1.05 bits per heavy atom. The van der Waals surface area contributed by atoms with Gasteiger partial charge in [0.15, 0.2) is 0 Å². The molecular formula is C17H20BrNO2. The van der Waals surface area contributed by atoms with Crippen LogP contribution in [-0.2, 0) is 6.54 Å². The minimum atomic E-state index is 0.530. The van der Waals surface area contributed by atoms with E-state index in [1.165, 1.54) is 0 Å². The average Bonchev–Trinajstić information content (AvgIpc) is 2.50. The number of hydrogen-bond acceptors (Lipinski definition) is 3. The lowest BCUT2D eigenvalue weighted by molar-refractivity contribution is 0.246. The topological polar surface area (TPSA) is 44.5 Å². The first-order chi connectivity index (χ1) is 10.2. The molecular weight excluding hydrogens is 330 g/mol. The normalized spacial score (nSPS) is 10.4. The number of ether oxygens (including phenoxy) is 2. The summed E-state index contributed by atoms with van der Waals surface area (Å²) < 4.78 is 12.5. The highest BCUT2D eigenvalue weighted by Gasteiger charge is 2.01. The van der Waals surface area contributed by atoms with Gasteiger partial charge in [0, 0.05) is 17.4 Å². The summed E-state index contributed by atoms with van der Waals surface area (Å²) >= 11 is 3.45. The third-order valence-electron chi connectivity index (χ3n) is 3.10. The predicted molar refractivity (Wildman–Crippen MR) is 88.8 cm³/mol. The third kappa shape index (κ3) is 5.06. The Morgan fingerprint density at radius 3 is 2.67 bits per heavy atom. The second kappa shape index (κ2) is 8.05. The van der Waals surface area contributed by atoms with Crippen LogP contribution in [0.1, 0.15) is 17.5 Å². The average molecular weight is 350 g/mol. The summed E-state index contributed by atoms with van der Waals surface area (Å²) in [5.74, 6) is 1.77. The Labute approximate surface area is 134 Å². The number of benzene rings is 2. The molecule has 2 aromatic rings. The van der Waals surface area contributed by atoms with Crippen LogP contribution in [0.25, 0.3) is 0 Å². The van der Waals surface area contributed by atoms with E-state index in [1.807, 2.05) is 49.4 Å². The molecule has 0 unspecified atom stereocenters. The van der Waals surface area contributed by atoms with Crippen molar-refractivity contribution in [2.24, 2.45) is 5.73 Å². The van der Waals surface area contributed by atoms with Crippen molar-refractivity contribution in [3.63, 3.8) is 0 Å². The molecule has 0 aliphatic carbocycles. The summed E-state index contributed by atoms with van der Waals surface area (Å²) in [5.41, 5.74) is 7.82. The van der Waals surface area contributed by atoms with Gasteiger partial charge >= 0.3 is 0 Å². The maximum Gasteiger partial charge on any atom is 0.123 e. The monoisotopic (exact) mass is 349 g/mol. The van der Waals surface area contributed by atoms with E-state index in [4.69, 9.17) is 15.2 Å². The van der Waals surface area contributed by atoms with Crippen LogP contribution in [-0.4, -0.2) is 13.2 Å². The largest absolute Gasteiger partial charge is 0.493 e. The zero-order valence-corrected chi connectivity index (χ0v) is 13.7. The van der Waals surface area contributed by atoms with Gasteiger partial charge in [-0.2, -0.15) is 0 Å². The molecule has 0 fully saturated rings. The Balaban J connectivity index is 1.73. The number of aryl methyl sites for hydroxylation is 1. The quantitative estimate of drug-likeness (QED) is 0.766. The van der Waals surface area contributed by atoms with Crippen LogP contribution in [0, 0.1) is 6.92 Å². The van der Waals surface area contributed by atoms with E-state index >= 15 is 0 Å². The van der Waals surface area contributed by atoms with Gasteiger partial charge in [0.1, 0.15) is 11.5 Å². The summed E-state index contributed by atoms with van der Waals surface area (Å²) in [6.45, 7) is 3.83. The molecule has 112 valence electrons. The first-order valence-electron chi connectivity index (χ1n) is 7.00. The number of nitrogens with two attached hydrogens (primary N) is 1. The van der Waals surface area contributed by atoms with Crippen LogP contribution < -0.4 is 15.2 Å². The van der Waals surface area contributed by atoms with Crippen LogP contribution in [0.4, 0.5) is 0 Å². The van der Waals surface area contributed by atoms with Crippen molar-refractivity contribution in [1.82, 2.24) is 0 Å². The second-order valence-corrected chi connectivity index (χ2v) is 5.73. The van der Waals surface area contributed by atoms with Gasteiger partial charge in [-0.1, -0.05) is 34.1 Å². The van der Waals surface area contributed by atoms with Gasteiger partial charge < -0.3 is 15.2 Å². The molecule has 0 aliphatic heterocycles. The van der Waals surface area contributed by atoms with Crippen molar-refractivity contribution in [2.45, 2.75) is 19.9 Å². The maximum absolute atomic E-state index is 5.77. The van der Waals surface area contributed by atoms with E-state index in [0.717, 1.165) is 33.5 Å². The van der Waals surface area contributed by atoms with Crippen molar-refractivity contribution < 1.29 is 9.47 Å². The summed E-state index contributed by atoms with van der Waals surface area (Å²) in [6.07, 6.45) is 0.832. The number of halogens is 1. The molecule has 3 nitrogen and oxygen atoms in total. The number of hydrogen-bond donors (Lipinski definition) is 1. The highest BCUT2D eigenvalue weighted by Crippen LogP contribution is 2.23. The molecule has 0 saturated carbocycles. The fourth-order valence-corrected chi connectivity index (χ4v) is 2.26. The van der Waals surface area contributed by atoms with Crippen molar-refractivity contribution in [3.05, 3.63) is 58.1 Å². The van der Waals surface area contributed by atoms with Crippen molar-refractivity contribution in [1.29, 1.82) is 0 Å². The van der Waals surface area contributed by atoms with E-state index < -0.39 is 0 Å². The second-order valence-electron chi connectivity index (χ2n) is 4.81. The minimum Gasteiger partial charge on any atom is -0.493 e. The third-order valence-corrected chi connectivity index (χ3v) is 3.59. The molecule has 4 heteroatoms. The van der Waals surface area contributed by atoms with Crippen LogP contribution in [0.5, 0.6) is 11.5 Å². The lowest BCUT2D eigenvalue weighted by Gasteiger charge is -2.10. The van der Waals surface area contributed by atoms with Gasteiger partial charge in [-0.25, -0.2) is 0 Å². The summed E-state index contributed by atoms with van der Waals surface area (Å²) in [5, 5.41) is 0. The van der Waals surface area contributed by atoms with Crippen molar-refractivity contribution >= 4 is 15.9 Å². The molecule has 0 saturated heterocycles. The van der Waals surface area contributed by atoms with Crippen molar-refractivity contribution in [3.8, 4) is 11.5 Å². The van der Waals surface area contributed by atoms with Crippen LogP contribution in [0.3, 0.4) is 0 Å². The first-order valence-corrected chi connectivity index (χ1v) is 7.79. The fraction of sp³-hybridized carbons (Fsp3) is 0.294. The van der Waals surface area contributed by atoms with E-state index in [2.05, 4.69) is 15.9 Å². The molecule has 0 aliphatic rings. The SMILES string of the molecule is Cc1ccc(Br)cc1OCCCOc1cccc(CN)c1. The number of rotatable bonds is 7. The highest BCUT2D eigenvalue weighted by atomic mass is 79.9. The Morgan fingerprint density at radius 2 is 1.86 bits per heavy atom. The van der Waals surface area contributed by atoms with Crippen LogP contribution in [0.15, 0.2) is 46.9 Å². The van der Waals surface area contributed by atoms with Gasteiger partial charge in [-0.05, 0) is 42.3 Å². The van der Waals surface area contributed by atoms with Gasteiger partial charge in [-0.15, -0.1) is 0 Å². The Bertz CT molecular complexity index is 587. The van der Waals surface area contributed by atoms with Crippen LogP contribution >= 0.6 is 15.9 Å². The van der Waals surface area contributed by atoms with E-state index in [0.29, 0.717) is 19.8 Å². The lowest BCUT2D eigenvalue weighted by atomic mass is 10.2. The fourth-order valence-electron chi connectivity index (χ4n) is 1.92. The van der Waals surface area contributed by atoms with E-state index in [-0.39, 0.29) is 0 Å². The summed E-state index contributed by atoms with van der Waals surface area (Å²) in [6, 6.07) is 13.9. The molecule has 0 atom stereocenters. The Kier molecular flexibility index (Phi) is 6.08. The zero-order chi connectivity index (χ0) is 15.1. The zero-order valence-electron chi connectivity index (χ0n) is 12.1. The molecule has 0 bridgehead atoms. The molecule has 0 aromatic heterocycles. The first kappa shape index (κ1) is 15.9. The lowest BCUT2D eigenvalue weighted by Crippen LogP contribution is -2.06. The van der Waals surface area contributed by atoms with Crippen LogP contribution in [0.2, 0.25) is 0 Å². The Hall–Kier alpha value is -1.52. The smallest absolute Gasteiger partial charge is 0.123 e. The minimum absolute atomic E-state index is 0.530. The highest BCUT2D eigenvalue weighted by molar-refractivity contribution is 9.10. The summed E-state index contributed by atoms with van der Waals surface area (Å²) in [4.78, 5) is 0. The molecule has 0 heterocycles. The van der Waals surface area contributed by atoms with E-state index in [1.54, 1.807) is 0 Å². The van der Waals surface area contributed by atoms with Gasteiger partial charge in [0.05, 0.1) is 13.2 Å². The molecule has 21 heavy (non-hydrogen) atoms. The summed E-state index contributed by atoms with van der Waals surface area (Å²) in [7, 11) is 0. The molecule has 2 N–H and O–H groups in total. The van der Waals surface area contributed by atoms with Gasteiger partial charge in [0.25, 0.3) is 0 Å². The molecule has 2 rings (SSSR count). The van der Waals surface area contributed by atoms with Gasteiger partial charge in [0.2, 0.25) is 0 Å². The predicted octanol–water partition coefficient (Wildman–Crippen LogP) is 4.06. The molecule has 2 aromatic carbocycles. The maximum atomic E-state index is 5.77. The molecule has 0 radical (unpaired) electrons. The van der Waals surface area contributed by atoms with Crippen molar-refractivity contribution in [2.75, 3.05) is 13.2 Å². The molecule has 0 amide bonds. The van der Waals surface area contributed by atoms with E-state index in [9.17, 15) is 0 Å². The van der Waals surface area contributed by atoms with Gasteiger partial charge in [-0.3, -0.25) is 0 Å². The standard InChI is InChI=1S/C17H20BrNO2/c1-13-6-7-15(18)11-17(13)21-9-3-8-20-16-5-2-4-14(10-16)12-19/h2,4-7,10-11H,3,8-9,12,19H2,1H3. The molecule has 0 spiro atoms.